The number of ether oxygens (including phenoxy) is 5. The van der Waals surface area contributed by atoms with Crippen LogP contribution in [-0.4, -0.2) is 152 Å². The van der Waals surface area contributed by atoms with E-state index in [2.05, 4.69) is 31.1 Å². The molecule has 0 aliphatic carbocycles. The molecule has 0 aromatic heterocycles. The molecule has 0 saturated carbocycles. The molecule has 2 bridgehead atoms. The molecule has 0 amide bonds. The molecule has 0 atom stereocenters. The van der Waals surface area contributed by atoms with E-state index in [0.29, 0.717) is 89.4 Å². The second kappa shape index (κ2) is 21.2. The van der Waals surface area contributed by atoms with Crippen LogP contribution in [0.5, 0.6) is 0 Å². The van der Waals surface area contributed by atoms with Crippen LogP contribution >= 0.6 is 24.4 Å². The second-order valence-electron chi connectivity index (χ2n) is 8.11. The Kier molecular flexibility index (Phi) is 18.4. The van der Waals surface area contributed by atoms with Crippen LogP contribution in [0.3, 0.4) is 0 Å². The second-order valence-corrected chi connectivity index (χ2v) is 8.93. The van der Waals surface area contributed by atoms with Gasteiger partial charge in [-0.25, -0.2) is 0 Å². The summed E-state index contributed by atoms with van der Waals surface area (Å²) in [5.41, 5.74) is 0. The molecule has 3 saturated heterocycles. The Bertz CT molecular complexity index is 500. The largest absolute Gasteiger partial charge is 0.378 e. The Hall–Kier alpha value is -0.900. The minimum absolute atomic E-state index is 0.573. The van der Waals surface area contributed by atoms with E-state index in [-0.39, 0.29) is 0 Å². The van der Waals surface area contributed by atoms with Crippen LogP contribution in [-0.2, 0) is 23.7 Å². The molecule has 11 nitrogen and oxygen atoms in total. The van der Waals surface area contributed by atoms with Crippen LogP contribution < -0.4 is 21.3 Å². The maximum absolute atomic E-state index is 5.79. The molecule has 3 aliphatic heterocycles. The van der Waals surface area contributed by atoms with Gasteiger partial charge in [-0.15, -0.1) is 0 Å². The minimum Gasteiger partial charge on any atom is -0.378 e. The Balaban J connectivity index is 1.90. The third-order valence-corrected chi connectivity index (χ3v) is 6.02. The highest BCUT2D eigenvalue weighted by molar-refractivity contribution is 7.80. The van der Waals surface area contributed by atoms with E-state index in [0.717, 1.165) is 52.4 Å². The van der Waals surface area contributed by atoms with Gasteiger partial charge in [0.15, 0.2) is 10.2 Å². The summed E-state index contributed by atoms with van der Waals surface area (Å²) in [7, 11) is 0. The fourth-order valence-electron chi connectivity index (χ4n) is 3.44. The van der Waals surface area contributed by atoms with E-state index in [1.165, 1.54) is 0 Å². The third-order valence-electron chi connectivity index (χ3n) is 5.44. The number of nitrogens with zero attached hydrogens (tertiary/aromatic N) is 2. The smallest absolute Gasteiger partial charge is 0.166 e. The van der Waals surface area contributed by atoms with Gasteiger partial charge in [-0.2, -0.15) is 0 Å². The molecule has 204 valence electrons. The van der Waals surface area contributed by atoms with Crippen molar-refractivity contribution in [3.63, 3.8) is 0 Å². The quantitative estimate of drug-likeness (QED) is 0.217. The summed E-state index contributed by atoms with van der Waals surface area (Å²) >= 11 is 10.7. The van der Waals surface area contributed by atoms with Gasteiger partial charge in [-0.1, -0.05) is 0 Å². The van der Waals surface area contributed by atoms with E-state index in [1.807, 2.05) is 0 Å². The molecule has 3 heterocycles. The van der Waals surface area contributed by atoms with Gasteiger partial charge in [0.2, 0.25) is 0 Å². The number of hydrogen-bond acceptors (Lipinski definition) is 9. The van der Waals surface area contributed by atoms with Crippen molar-refractivity contribution < 1.29 is 23.7 Å². The predicted octanol–water partition coefficient (Wildman–Crippen LogP) is -1.37. The van der Waals surface area contributed by atoms with Gasteiger partial charge in [-0.3, -0.25) is 9.80 Å². The highest BCUT2D eigenvalue weighted by Crippen LogP contribution is 1.94. The predicted molar refractivity (Wildman–Crippen MR) is 144 cm³/mol. The first-order valence-electron chi connectivity index (χ1n) is 12.6. The van der Waals surface area contributed by atoms with Gasteiger partial charge in [-0.05, 0) is 24.4 Å². The number of nitrogens with one attached hydrogen (secondary N) is 4. The minimum atomic E-state index is 0.573. The van der Waals surface area contributed by atoms with Crippen molar-refractivity contribution in [2.45, 2.75) is 0 Å². The van der Waals surface area contributed by atoms with Crippen molar-refractivity contribution in [3.8, 4) is 0 Å². The lowest BCUT2D eigenvalue weighted by Gasteiger charge is -2.24. The Morgan fingerprint density at radius 1 is 0.400 bits per heavy atom. The molecular weight excluding hydrogens is 492 g/mol. The summed E-state index contributed by atoms with van der Waals surface area (Å²) in [5, 5.41) is 14.1. The average molecular weight is 537 g/mol. The van der Waals surface area contributed by atoms with E-state index < -0.39 is 0 Å². The van der Waals surface area contributed by atoms with Crippen LogP contribution in [0.15, 0.2) is 0 Å². The summed E-state index contributed by atoms with van der Waals surface area (Å²) in [6.07, 6.45) is 0. The molecule has 0 radical (unpaired) electrons. The Morgan fingerprint density at radius 3 is 1.09 bits per heavy atom. The highest BCUT2D eigenvalue weighted by atomic mass is 32.1. The van der Waals surface area contributed by atoms with Crippen molar-refractivity contribution >= 4 is 34.7 Å². The van der Waals surface area contributed by atoms with Gasteiger partial charge in [0.05, 0.1) is 66.1 Å². The molecule has 3 rings (SSSR count). The van der Waals surface area contributed by atoms with Crippen LogP contribution in [0, 0.1) is 0 Å². The Morgan fingerprint density at radius 2 is 0.714 bits per heavy atom. The molecule has 0 unspecified atom stereocenters. The van der Waals surface area contributed by atoms with Gasteiger partial charge in [0, 0.05) is 65.4 Å². The van der Waals surface area contributed by atoms with Gasteiger partial charge >= 0.3 is 0 Å². The molecule has 3 fully saturated rings. The molecule has 4 N–H and O–H groups in total. The van der Waals surface area contributed by atoms with Gasteiger partial charge < -0.3 is 45.0 Å². The maximum atomic E-state index is 5.79. The van der Waals surface area contributed by atoms with E-state index in [4.69, 9.17) is 48.1 Å². The molecular formula is C22H44N6O5S2. The van der Waals surface area contributed by atoms with Crippen LogP contribution in [0.4, 0.5) is 0 Å². The molecule has 0 aromatic carbocycles. The Labute approximate surface area is 220 Å². The monoisotopic (exact) mass is 536 g/mol. The van der Waals surface area contributed by atoms with Crippen molar-refractivity contribution in [2.24, 2.45) is 0 Å². The fraction of sp³-hybridized carbons (Fsp3) is 0.909. The zero-order chi connectivity index (χ0) is 24.8. The van der Waals surface area contributed by atoms with Crippen molar-refractivity contribution in [3.05, 3.63) is 0 Å². The fourth-order valence-corrected chi connectivity index (χ4v) is 3.85. The van der Waals surface area contributed by atoms with Crippen LogP contribution in [0.1, 0.15) is 0 Å². The highest BCUT2D eigenvalue weighted by Gasteiger charge is 2.08. The van der Waals surface area contributed by atoms with Gasteiger partial charge in [0.1, 0.15) is 0 Å². The van der Waals surface area contributed by atoms with E-state index in [9.17, 15) is 0 Å². The standard InChI is InChI=1S/C22H44N6O5S2/c34-21-23-1-5-27-7-13-30-17-19-32-15-9-28(10-16-33-20-18-31-14-8-27)6-2-24-22(35)26-4-12-29-11-3-25-21/h1-20H2,(H2,23,25,34)(H2,24,26,35). The molecule has 35 heavy (non-hydrogen) atoms. The number of thiocarbonyl (C=S) groups is 2. The summed E-state index contributed by atoms with van der Waals surface area (Å²) in [4.78, 5) is 4.63. The third kappa shape index (κ3) is 17.2. The molecule has 0 aromatic rings. The lowest BCUT2D eigenvalue weighted by molar-refractivity contribution is 0.00858. The normalized spacial score (nSPS) is 27.3. The zero-order valence-corrected chi connectivity index (χ0v) is 22.5. The first-order chi connectivity index (χ1) is 17.2. The van der Waals surface area contributed by atoms with Crippen LogP contribution in [0.25, 0.3) is 0 Å². The van der Waals surface area contributed by atoms with E-state index in [1.54, 1.807) is 0 Å². The SMILES string of the molecule is S=C1NCCOCCNC(=S)NCCN2CCOCCOCCN(CCN1)CCOCCOCC2. The summed E-state index contributed by atoms with van der Waals surface area (Å²) in [6, 6.07) is 0. The maximum Gasteiger partial charge on any atom is 0.166 e. The average Bonchev–Trinajstić information content (AvgIpc) is 2.84. The lowest BCUT2D eigenvalue weighted by atomic mass is 10.4. The summed E-state index contributed by atoms with van der Waals surface area (Å²) < 4.78 is 28.8. The first-order valence-corrected chi connectivity index (χ1v) is 13.4. The van der Waals surface area contributed by atoms with Gasteiger partial charge in [0.25, 0.3) is 0 Å². The van der Waals surface area contributed by atoms with Crippen molar-refractivity contribution in [1.82, 2.24) is 31.1 Å². The number of hydrogen-bond donors (Lipinski definition) is 4. The summed E-state index contributed by atoms with van der Waals surface area (Å²) in [5.74, 6) is 0. The van der Waals surface area contributed by atoms with Crippen LogP contribution in [0.2, 0.25) is 0 Å². The molecule has 0 spiro atoms. The number of rotatable bonds is 0. The number of fused-ring (bicyclic) bond motifs is 28. The topological polar surface area (TPSA) is 101 Å². The molecule has 3 aliphatic rings. The van der Waals surface area contributed by atoms with E-state index >= 15 is 0 Å². The zero-order valence-electron chi connectivity index (χ0n) is 20.9. The van der Waals surface area contributed by atoms with Crippen molar-refractivity contribution in [2.75, 3.05) is 132 Å². The van der Waals surface area contributed by atoms with Crippen molar-refractivity contribution in [1.29, 1.82) is 0 Å². The lowest BCUT2D eigenvalue weighted by Crippen LogP contribution is -2.43. The first kappa shape index (κ1) is 30.3. The summed E-state index contributed by atoms with van der Waals surface area (Å²) in [6.45, 7) is 13.9. The molecule has 13 heteroatoms.